The summed E-state index contributed by atoms with van der Waals surface area (Å²) in [6.07, 6.45) is 0.544. The number of halogens is 3. The number of amidine groups is 1. The van der Waals surface area contributed by atoms with Crippen LogP contribution in [0.1, 0.15) is 19.8 Å². The molecule has 0 aliphatic carbocycles. The number of benzene rings is 1. The van der Waals surface area contributed by atoms with Gasteiger partial charge in [-0.1, -0.05) is 0 Å². The summed E-state index contributed by atoms with van der Waals surface area (Å²) in [6.45, 7) is 1.03. The molecule has 0 aromatic heterocycles. The van der Waals surface area contributed by atoms with Crippen LogP contribution < -0.4 is 9.64 Å². The van der Waals surface area contributed by atoms with Crippen molar-refractivity contribution in [3.8, 4) is 5.75 Å². The third kappa shape index (κ3) is 4.39. The zero-order chi connectivity index (χ0) is 17.9. The first kappa shape index (κ1) is 17.5. The molecule has 2 heterocycles. The first-order chi connectivity index (χ1) is 12.0. The molecule has 134 valence electrons. The van der Waals surface area contributed by atoms with E-state index in [4.69, 9.17) is 9.47 Å². The molecule has 0 N–H and O–H groups in total. The molecule has 1 atom stereocenters. The minimum absolute atomic E-state index is 0.158. The van der Waals surface area contributed by atoms with Crippen LogP contribution in [-0.4, -0.2) is 37.8 Å². The van der Waals surface area contributed by atoms with Crippen molar-refractivity contribution < 1.29 is 22.6 Å². The Labute approximate surface area is 143 Å². The van der Waals surface area contributed by atoms with Gasteiger partial charge >= 0.3 is 6.18 Å². The van der Waals surface area contributed by atoms with Gasteiger partial charge < -0.3 is 14.4 Å². The monoisotopic (exact) mass is 353 g/mol. The lowest BCUT2D eigenvalue weighted by atomic mass is 10.1. The molecule has 3 rings (SSSR count). The molecule has 0 bridgehead atoms. The summed E-state index contributed by atoms with van der Waals surface area (Å²) >= 11 is 0. The van der Waals surface area contributed by atoms with Crippen molar-refractivity contribution >= 4 is 17.7 Å². The fourth-order valence-electron chi connectivity index (χ4n) is 2.55. The highest BCUT2D eigenvalue weighted by Gasteiger charge is 2.29. The van der Waals surface area contributed by atoms with Crippen molar-refractivity contribution in [1.29, 1.82) is 0 Å². The third-order valence-corrected chi connectivity index (χ3v) is 3.66. The molecule has 8 heteroatoms. The van der Waals surface area contributed by atoms with Gasteiger partial charge in [0, 0.05) is 30.3 Å². The lowest BCUT2D eigenvalue weighted by Gasteiger charge is -2.32. The highest BCUT2D eigenvalue weighted by molar-refractivity contribution is 6.05. The van der Waals surface area contributed by atoms with Gasteiger partial charge in [0.15, 0.2) is 12.4 Å². The Morgan fingerprint density at radius 3 is 2.68 bits per heavy atom. The van der Waals surface area contributed by atoms with Crippen molar-refractivity contribution in [3.05, 3.63) is 36.0 Å². The first-order valence-corrected chi connectivity index (χ1v) is 7.97. The fraction of sp³-hybridized carbons (Fsp3) is 0.412. The summed E-state index contributed by atoms with van der Waals surface area (Å²) in [6, 6.07) is 6.37. The van der Waals surface area contributed by atoms with Gasteiger partial charge in [0.2, 0.25) is 6.35 Å². The average molecular weight is 353 g/mol. The summed E-state index contributed by atoms with van der Waals surface area (Å²) in [4.78, 5) is 10.7. The Morgan fingerprint density at radius 2 is 2.00 bits per heavy atom. The summed E-state index contributed by atoms with van der Waals surface area (Å²) in [7, 11) is 0. The number of aliphatic imine (C=N–C) groups is 2. The minimum Gasteiger partial charge on any atom is -0.484 e. The molecule has 0 spiro atoms. The topological polar surface area (TPSA) is 46.4 Å². The van der Waals surface area contributed by atoms with Crippen LogP contribution in [0, 0.1) is 0 Å². The lowest BCUT2D eigenvalue weighted by molar-refractivity contribution is -0.153. The second-order valence-electron chi connectivity index (χ2n) is 5.54. The standard InChI is InChI=1S/C17H18F3N3O2/c1-2-24-16-22-15-12(4-3-9-21-15)10-23(16)13-5-7-14(8-6-13)25-11-17(18,19)20/h5-10,16H,2-4,11H2,1H3. The predicted octanol–water partition coefficient (Wildman–Crippen LogP) is 3.91. The molecule has 5 nitrogen and oxygen atoms in total. The van der Waals surface area contributed by atoms with E-state index in [1.165, 1.54) is 12.1 Å². The number of hydrogen-bond acceptors (Lipinski definition) is 5. The molecule has 0 radical (unpaired) electrons. The summed E-state index contributed by atoms with van der Waals surface area (Å²) in [5.41, 5.74) is 1.76. The van der Waals surface area contributed by atoms with Gasteiger partial charge in [-0.25, -0.2) is 9.98 Å². The van der Waals surface area contributed by atoms with Gasteiger partial charge in [-0.3, -0.25) is 0 Å². The first-order valence-electron chi connectivity index (χ1n) is 7.97. The molecule has 1 aromatic carbocycles. The minimum atomic E-state index is -4.36. The molecule has 2 aliphatic rings. The maximum atomic E-state index is 12.2. The number of rotatable bonds is 5. The maximum Gasteiger partial charge on any atom is 0.422 e. The molecule has 0 fully saturated rings. The Kier molecular flexibility index (Phi) is 5.08. The van der Waals surface area contributed by atoms with Crippen molar-refractivity contribution in [2.24, 2.45) is 9.98 Å². The normalized spacial score (nSPS) is 20.0. The second-order valence-corrected chi connectivity index (χ2v) is 5.54. The molecular formula is C17H18F3N3O2. The summed E-state index contributed by atoms with van der Waals surface area (Å²) in [5.74, 6) is 0.830. The van der Waals surface area contributed by atoms with Crippen molar-refractivity contribution in [1.82, 2.24) is 0 Å². The Hall–Kier alpha value is -2.35. The highest BCUT2D eigenvalue weighted by Crippen LogP contribution is 2.29. The summed E-state index contributed by atoms with van der Waals surface area (Å²) in [5, 5.41) is 0. The van der Waals surface area contributed by atoms with E-state index in [2.05, 4.69) is 9.98 Å². The molecular weight excluding hydrogens is 335 g/mol. The van der Waals surface area contributed by atoms with Gasteiger partial charge in [0.25, 0.3) is 0 Å². The number of fused-ring (bicyclic) bond motifs is 1. The van der Waals surface area contributed by atoms with Crippen LogP contribution >= 0.6 is 0 Å². The van der Waals surface area contributed by atoms with Crippen LogP contribution in [0.4, 0.5) is 18.9 Å². The van der Waals surface area contributed by atoms with Crippen LogP contribution in [0.2, 0.25) is 0 Å². The highest BCUT2D eigenvalue weighted by atomic mass is 19.4. The van der Waals surface area contributed by atoms with Crippen LogP contribution in [0.15, 0.2) is 46.0 Å². The van der Waals surface area contributed by atoms with E-state index >= 15 is 0 Å². The predicted molar refractivity (Wildman–Crippen MR) is 89.1 cm³/mol. The molecule has 1 unspecified atom stereocenters. The maximum absolute atomic E-state index is 12.2. The second kappa shape index (κ2) is 7.26. The number of hydrogen-bond donors (Lipinski definition) is 0. The van der Waals surface area contributed by atoms with E-state index in [0.29, 0.717) is 12.4 Å². The molecule has 25 heavy (non-hydrogen) atoms. The van der Waals surface area contributed by atoms with Gasteiger partial charge in [0.05, 0.1) is 0 Å². The van der Waals surface area contributed by atoms with Crippen molar-refractivity contribution in [2.45, 2.75) is 32.3 Å². The number of alkyl halides is 3. The zero-order valence-electron chi connectivity index (χ0n) is 13.7. The number of ether oxygens (including phenoxy) is 2. The van der Waals surface area contributed by atoms with Gasteiger partial charge in [0.1, 0.15) is 5.75 Å². The largest absolute Gasteiger partial charge is 0.484 e. The molecule has 2 aliphatic heterocycles. The molecule has 0 saturated heterocycles. The van der Waals surface area contributed by atoms with E-state index in [-0.39, 0.29) is 5.75 Å². The van der Waals surface area contributed by atoms with E-state index in [0.717, 1.165) is 24.1 Å². The van der Waals surface area contributed by atoms with Crippen molar-refractivity contribution in [3.63, 3.8) is 0 Å². The van der Waals surface area contributed by atoms with Gasteiger partial charge in [-0.05, 0) is 44.0 Å². The van der Waals surface area contributed by atoms with Crippen LogP contribution in [0.5, 0.6) is 5.75 Å². The SMILES string of the molecule is CCOC1N=C2N=CCCC2=CN1c1ccc(OCC(F)(F)F)cc1. The van der Waals surface area contributed by atoms with E-state index < -0.39 is 19.1 Å². The third-order valence-electron chi connectivity index (χ3n) is 3.66. The quantitative estimate of drug-likeness (QED) is 0.806. The van der Waals surface area contributed by atoms with E-state index in [1.54, 1.807) is 12.1 Å². The smallest absolute Gasteiger partial charge is 0.422 e. The molecule has 1 aromatic rings. The van der Waals surface area contributed by atoms with E-state index in [9.17, 15) is 13.2 Å². The Balaban J connectivity index is 1.78. The van der Waals surface area contributed by atoms with Crippen LogP contribution in [-0.2, 0) is 4.74 Å². The average Bonchev–Trinajstić information content (AvgIpc) is 2.59. The Morgan fingerprint density at radius 1 is 1.24 bits per heavy atom. The summed E-state index contributed by atoms with van der Waals surface area (Å²) < 4.78 is 47.1. The molecule has 0 amide bonds. The van der Waals surface area contributed by atoms with E-state index in [1.807, 2.05) is 24.2 Å². The zero-order valence-corrected chi connectivity index (χ0v) is 13.7. The van der Waals surface area contributed by atoms with Crippen LogP contribution in [0.3, 0.4) is 0 Å². The fourth-order valence-corrected chi connectivity index (χ4v) is 2.55. The Bertz CT molecular complexity index is 696. The van der Waals surface area contributed by atoms with Crippen LogP contribution in [0.25, 0.3) is 0 Å². The lowest BCUT2D eigenvalue weighted by Crippen LogP contribution is -2.37. The van der Waals surface area contributed by atoms with Gasteiger partial charge in [-0.15, -0.1) is 0 Å². The molecule has 0 saturated carbocycles. The number of nitrogens with zero attached hydrogens (tertiary/aromatic N) is 3. The number of anilines is 1. The van der Waals surface area contributed by atoms with Gasteiger partial charge in [-0.2, -0.15) is 13.2 Å². The van der Waals surface area contributed by atoms with Crippen molar-refractivity contribution in [2.75, 3.05) is 18.1 Å².